The van der Waals surface area contributed by atoms with Gasteiger partial charge in [-0.15, -0.1) is 0 Å². The zero-order chi connectivity index (χ0) is 16.7. The maximum absolute atomic E-state index is 12.1. The van der Waals surface area contributed by atoms with E-state index in [9.17, 15) is 9.59 Å². The number of carbonyl (C=O) groups excluding carboxylic acids is 2. The first-order valence-corrected chi connectivity index (χ1v) is 8.04. The summed E-state index contributed by atoms with van der Waals surface area (Å²) in [6.45, 7) is 6.04. The normalized spacial score (nSPS) is 15.2. The molecule has 0 bridgehead atoms. The molecular weight excluding hydrogens is 318 g/mol. The summed E-state index contributed by atoms with van der Waals surface area (Å²) < 4.78 is 5.28. The number of anilines is 1. The fourth-order valence-corrected chi connectivity index (χ4v) is 2.51. The van der Waals surface area contributed by atoms with Gasteiger partial charge in [0.15, 0.2) is 0 Å². The minimum Gasteiger partial charge on any atom is -0.379 e. The summed E-state index contributed by atoms with van der Waals surface area (Å²) in [7, 11) is 0. The van der Waals surface area contributed by atoms with Crippen molar-refractivity contribution in [2.45, 2.75) is 6.92 Å². The highest BCUT2D eigenvalue weighted by atomic mass is 35.5. The molecule has 1 fully saturated rings. The van der Waals surface area contributed by atoms with Crippen LogP contribution < -0.4 is 10.2 Å². The minimum atomic E-state index is -0.185. The van der Waals surface area contributed by atoms with Crippen LogP contribution in [0.15, 0.2) is 24.3 Å². The molecule has 1 aliphatic rings. The van der Waals surface area contributed by atoms with Crippen LogP contribution in [0.1, 0.15) is 6.92 Å². The largest absolute Gasteiger partial charge is 0.379 e. The molecule has 2 amide bonds. The Bertz CT molecular complexity index is 530. The number of hydrogen-bond donors (Lipinski definition) is 1. The predicted molar refractivity (Wildman–Crippen MR) is 89.7 cm³/mol. The standard InChI is InChI=1S/C16H22ClN3O3/c1-13(21)20(15-4-2-14(17)3-5-15)12-16(22)18-6-7-19-8-10-23-11-9-19/h2-5H,6-12H2,1H3,(H,18,22). The number of halogens is 1. The van der Waals surface area contributed by atoms with Crippen molar-refractivity contribution in [2.75, 3.05) is 50.8 Å². The van der Waals surface area contributed by atoms with Crippen LogP contribution in [-0.4, -0.2) is 62.7 Å². The highest BCUT2D eigenvalue weighted by Crippen LogP contribution is 2.17. The van der Waals surface area contributed by atoms with Crippen molar-refractivity contribution in [3.63, 3.8) is 0 Å². The van der Waals surface area contributed by atoms with E-state index in [1.165, 1.54) is 11.8 Å². The van der Waals surface area contributed by atoms with Crippen molar-refractivity contribution in [1.82, 2.24) is 10.2 Å². The Morgan fingerprint density at radius 3 is 2.52 bits per heavy atom. The molecule has 0 saturated carbocycles. The van der Waals surface area contributed by atoms with Crippen molar-refractivity contribution in [2.24, 2.45) is 0 Å². The van der Waals surface area contributed by atoms with E-state index in [1.807, 2.05) is 0 Å². The van der Waals surface area contributed by atoms with Crippen molar-refractivity contribution >= 4 is 29.1 Å². The van der Waals surface area contributed by atoms with Gasteiger partial charge in [0.25, 0.3) is 0 Å². The molecule has 0 unspecified atom stereocenters. The van der Waals surface area contributed by atoms with Crippen LogP contribution in [-0.2, 0) is 14.3 Å². The molecule has 1 aliphatic heterocycles. The fourth-order valence-electron chi connectivity index (χ4n) is 2.38. The van der Waals surface area contributed by atoms with E-state index < -0.39 is 0 Å². The zero-order valence-electron chi connectivity index (χ0n) is 13.3. The van der Waals surface area contributed by atoms with Crippen LogP contribution in [0.2, 0.25) is 5.02 Å². The molecule has 23 heavy (non-hydrogen) atoms. The molecule has 1 aromatic rings. The molecule has 0 spiro atoms. The van der Waals surface area contributed by atoms with Gasteiger partial charge in [-0.1, -0.05) is 11.6 Å². The summed E-state index contributed by atoms with van der Waals surface area (Å²) in [6, 6.07) is 6.85. The Hall–Kier alpha value is -1.63. The Labute approximate surface area is 141 Å². The number of hydrogen-bond acceptors (Lipinski definition) is 4. The first-order valence-electron chi connectivity index (χ1n) is 7.67. The molecule has 1 saturated heterocycles. The third kappa shape index (κ3) is 5.82. The number of ether oxygens (including phenoxy) is 1. The third-order valence-electron chi connectivity index (χ3n) is 3.67. The van der Waals surface area contributed by atoms with Crippen LogP contribution in [0.5, 0.6) is 0 Å². The number of nitrogens with zero attached hydrogens (tertiary/aromatic N) is 2. The molecule has 0 aliphatic carbocycles. The van der Waals surface area contributed by atoms with Crippen molar-refractivity contribution < 1.29 is 14.3 Å². The van der Waals surface area contributed by atoms with E-state index in [2.05, 4.69) is 10.2 Å². The monoisotopic (exact) mass is 339 g/mol. The fraction of sp³-hybridized carbons (Fsp3) is 0.500. The van der Waals surface area contributed by atoms with E-state index in [0.29, 0.717) is 17.3 Å². The molecule has 7 heteroatoms. The lowest BCUT2D eigenvalue weighted by atomic mass is 10.2. The Morgan fingerprint density at radius 2 is 1.91 bits per heavy atom. The van der Waals surface area contributed by atoms with Gasteiger partial charge in [0.1, 0.15) is 6.54 Å². The Kier molecular flexibility index (Phi) is 6.83. The molecular formula is C16H22ClN3O3. The highest BCUT2D eigenvalue weighted by molar-refractivity contribution is 6.30. The van der Waals surface area contributed by atoms with Crippen molar-refractivity contribution in [3.05, 3.63) is 29.3 Å². The first kappa shape index (κ1) is 17.7. The minimum absolute atomic E-state index is 0.0000762. The molecule has 126 valence electrons. The second-order valence-corrected chi connectivity index (χ2v) is 5.82. The van der Waals surface area contributed by atoms with Gasteiger partial charge in [-0.2, -0.15) is 0 Å². The van der Waals surface area contributed by atoms with E-state index in [-0.39, 0.29) is 18.4 Å². The average molecular weight is 340 g/mol. The van der Waals surface area contributed by atoms with Gasteiger partial charge in [0, 0.05) is 43.8 Å². The molecule has 6 nitrogen and oxygen atoms in total. The lowest BCUT2D eigenvalue weighted by Gasteiger charge is -2.26. The smallest absolute Gasteiger partial charge is 0.240 e. The predicted octanol–water partition coefficient (Wildman–Crippen LogP) is 1.14. The highest BCUT2D eigenvalue weighted by Gasteiger charge is 2.16. The van der Waals surface area contributed by atoms with E-state index in [1.54, 1.807) is 24.3 Å². The second kappa shape index (κ2) is 8.86. The number of amides is 2. The molecule has 1 N–H and O–H groups in total. The summed E-state index contributed by atoms with van der Waals surface area (Å²) >= 11 is 5.85. The molecule has 1 aromatic carbocycles. The van der Waals surface area contributed by atoms with Gasteiger partial charge in [0.05, 0.1) is 13.2 Å². The quantitative estimate of drug-likeness (QED) is 0.844. The summed E-state index contributed by atoms with van der Waals surface area (Å²) in [5.41, 5.74) is 0.658. The van der Waals surface area contributed by atoms with Crippen LogP contribution in [0, 0.1) is 0 Å². The number of benzene rings is 1. The van der Waals surface area contributed by atoms with Gasteiger partial charge < -0.3 is 15.0 Å². The molecule has 0 radical (unpaired) electrons. The van der Waals surface area contributed by atoms with Gasteiger partial charge in [-0.05, 0) is 24.3 Å². The molecule has 1 heterocycles. The van der Waals surface area contributed by atoms with E-state index in [0.717, 1.165) is 32.8 Å². The Morgan fingerprint density at radius 1 is 1.26 bits per heavy atom. The third-order valence-corrected chi connectivity index (χ3v) is 3.93. The maximum atomic E-state index is 12.1. The summed E-state index contributed by atoms with van der Waals surface area (Å²) in [4.78, 5) is 27.5. The second-order valence-electron chi connectivity index (χ2n) is 5.39. The summed E-state index contributed by atoms with van der Waals surface area (Å²) in [5.74, 6) is -0.362. The number of carbonyl (C=O) groups is 2. The van der Waals surface area contributed by atoms with Crippen molar-refractivity contribution in [1.29, 1.82) is 0 Å². The van der Waals surface area contributed by atoms with Crippen LogP contribution in [0.25, 0.3) is 0 Å². The zero-order valence-corrected chi connectivity index (χ0v) is 14.0. The number of morpholine rings is 1. The number of nitrogens with one attached hydrogen (secondary N) is 1. The van der Waals surface area contributed by atoms with Crippen LogP contribution >= 0.6 is 11.6 Å². The molecule has 0 atom stereocenters. The van der Waals surface area contributed by atoms with Gasteiger partial charge in [-0.3, -0.25) is 14.5 Å². The lowest BCUT2D eigenvalue weighted by Crippen LogP contribution is -2.44. The summed E-state index contributed by atoms with van der Waals surface area (Å²) in [6.07, 6.45) is 0. The van der Waals surface area contributed by atoms with Crippen LogP contribution in [0.3, 0.4) is 0 Å². The van der Waals surface area contributed by atoms with E-state index >= 15 is 0 Å². The van der Waals surface area contributed by atoms with Gasteiger partial charge >= 0.3 is 0 Å². The topological polar surface area (TPSA) is 61.9 Å². The average Bonchev–Trinajstić information content (AvgIpc) is 2.54. The summed E-state index contributed by atoms with van der Waals surface area (Å²) in [5, 5.41) is 3.45. The first-order chi connectivity index (χ1) is 11.1. The Balaban J connectivity index is 1.81. The molecule has 2 rings (SSSR count). The number of rotatable bonds is 6. The van der Waals surface area contributed by atoms with E-state index in [4.69, 9.17) is 16.3 Å². The van der Waals surface area contributed by atoms with Crippen molar-refractivity contribution in [3.8, 4) is 0 Å². The van der Waals surface area contributed by atoms with Crippen LogP contribution in [0.4, 0.5) is 5.69 Å². The maximum Gasteiger partial charge on any atom is 0.240 e. The van der Waals surface area contributed by atoms with Gasteiger partial charge in [-0.25, -0.2) is 0 Å². The van der Waals surface area contributed by atoms with Gasteiger partial charge in [0.2, 0.25) is 11.8 Å². The molecule has 0 aromatic heterocycles. The lowest BCUT2D eigenvalue weighted by molar-refractivity contribution is -0.123. The SMILES string of the molecule is CC(=O)N(CC(=O)NCCN1CCOCC1)c1ccc(Cl)cc1.